The quantitative estimate of drug-likeness (QED) is 0.493. The molecular formula is C9H12N2O3. The van der Waals surface area contributed by atoms with Gasteiger partial charge in [-0.05, 0) is 0 Å². The van der Waals surface area contributed by atoms with Crippen molar-refractivity contribution in [2.24, 2.45) is 5.92 Å². The molecule has 1 fully saturated rings. The Morgan fingerprint density at radius 3 is 2.64 bits per heavy atom. The Labute approximate surface area is 81.9 Å². The molecule has 0 spiro atoms. The number of carbonyl (C=O) groups excluding carboxylic acids is 1. The van der Waals surface area contributed by atoms with Gasteiger partial charge in [-0.25, -0.2) is 4.79 Å². The average molecular weight is 196 g/mol. The highest BCUT2D eigenvalue weighted by molar-refractivity contribution is 5.85. The van der Waals surface area contributed by atoms with Gasteiger partial charge in [0.05, 0.1) is 5.92 Å². The van der Waals surface area contributed by atoms with E-state index in [9.17, 15) is 9.59 Å². The second-order valence-corrected chi connectivity index (χ2v) is 3.16. The molecule has 1 amide bonds. The van der Waals surface area contributed by atoms with Crippen molar-refractivity contribution in [1.29, 1.82) is 0 Å². The van der Waals surface area contributed by atoms with Gasteiger partial charge >= 0.3 is 5.97 Å². The van der Waals surface area contributed by atoms with Crippen molar-refractivity contribution < 1.29 is 14.7 Å². The zero-order valence-electron chi connectivity index (χ0n) is 7.62. The summed E-state index contributed by atoms with van der Waals surface area (Å²) in [6.07, 6.45) is 5.00. The molecule has 1 heterocycles. The Balaban J connectivity index is 2.42. The number of nitrogens with one attached hydrogen (secondary N) is 2. The summed E-state index contributed by atoms with van der Waals surface area (Å²) in [6.45, 7) is 1.21. The molecule has 1 aliphatic rings. The second kappa shape index (κ2) is 4.63. The van der Waals surface area contributed by atoms with Crippen LogP contribution in [0.15, 0.2) is 0 Å². The van der Waals surface area contributed by atoms with Crippen LogP contribution in [0.4, 0.5) is 0 Å². The number of hydrogen-bond donors (Lipinski definition) is 3. The lowest BCUT2D eigenvalue weighted by Crippen LogP contribution is -2.54. The molecule has 1 rings (SSSR count). The molecule has 0 aliphatic carbocycles. The zero-order chi connectivity index (χ0) is 10.6. The van der Waals surface area contributed by atoms with Gasteiger partial charge in [0.2, 0.25) is 5.91 Å². The first-order chi connectivity index (χ1) is 6.65. The lowest BCUT2D eigenvalue weighted by Gasteiger charge is -2.27. The summed E-state index contributed by atoms with van der Waals surface area (Å²) in [7, 11) is 0. The molecule has 0 aromatic rings. The van der Waals surface area contributed by atoms with Gasteiger partial charge < -0.3 is 15.7 Å². The molecule has 5 nitrogen and oxygen atoms in total. The minimum absolute atomic E-state index is 0.0151. The van der Waals surface area contributed by atoms with Crippen LogP contribution in [0.2, 0.25) is 0 Å². The lowest BCUT2D eigenvalue weighted by molar-refractivity contribution is -0.142. The van der Waals surface area contributed by atoms with Crippen LogP contribution in [-0.2, 0) is 9.59 Å². The van der Waals surface area contributed by atoms with E-state index < -0.39 is 12.0 Å². The van der Waals surface area contributed by atoms with E-state index in [1.807, 2.05) is 0 Å². The maximum Gasteiger partial charge on any atom is 0.327 e. The summed E-state index contributed by atoms with van der Waals surface area (Å²) in [5.41, 5.74) is 0. The summed E-state index contributed by atoms with van der Waals surface area (Å²) in [5, 5.41) is 14.0. The summed E-state index contributed by atoms with van der Waals surface area (Å²) in [6, 6.07) is -0.965. The summed E-state index contributed by atoms with van der Waals surface area (Å²) in [5.74, 6) is 0.764. The normalized spacial score (nSPS) is 17.6. The summed E-state index contributed by atoms with van der Waals surface area (Å²) < 4.78 is 0. The third-order valence-electron chi connectivity index (χ3n) is 2.09. The van der Waals surface area contributed by atoms with Crippen molar-refractivity contribution in [3.8, 4) is 12.3 Å². The number of aliphatic carboxylic acids is 1. The van der Waals surface area contributed by atoms with Gasteiger partial charge in [0.1, 0.15) is 6.04 Å². The highest BCUT2D eigenvalue weighted by Gasteiger charge is 2.28. The first-order valence-electron chi connectivity index (χ1n) is 4.32. The highest BCUT2D eigenvalue weighted by atomic mass is 16.4. The molecule has 1 unspecified atom stereocenters. The first-order valence-corrected chi connectivity index (χ1v) is 4.32. The van der Waals surface area contributed by atoms with Crippen LogP contribution < -0.4 is 10.6 Å². The maximum atomic E-state index is 11.3. The van der Waals surface area contributed by atoms with Crippen LogP contribution in [0, 0.1) is 18.3 Å². The Bertz CT molecular complexity index is 278. The van der Waals surface area contributed by atoms with E-state index >= 15 is 0 Å². The Morgan fingerprint density at radius 2 is 2.29 bits per heavy atom. The van der Waals surface area contributed by atoms with Crippen LogP contribution in [-0.4, -0.2) is 36.1 Å². The van der Waals surface area contributed by atoms with Gasteiger partial charge in [-0.1, -0.05) is 0 Å². The number of carboxylic acid groups (broad SMARTS) is 1. The standard InChI is InChI=1S/C9H12N2O3/c1-2-3-7(9(13)14)11-8(12)6-4-10-5-6/h1,6-7,10H,3-5H2,(H,11,12)(H,13,14). The lowest BCUT2D eigenvalue weighted by atomic mass is 10.0. The third-order valence-corrected chi connectivity index (χ3v) is 2.09. The van der Waals surface area contributed by atoms with E-state index in [0.29, 0.717) is 13.1 Å². The van der Waals surface area contributed by atoms with Crippen LogP contribution >= 0.6 is 0 Å². The van der Waals surface area contributed by atoms with Crippen molar-refractivity contribution in [2.45, 2.75) is 12.5 Å². The summed E-state index contributed by atoms with van der Waals surface area (Å²) >= 11 is 0. The molecule has 0 radical (unpaired) electrons. The highest BCUT2D eigenvalue weighted by Crippen LogP contribution is 2.03. The Morgan fingerprint density at radius 1 is 1.64 bits per heavy atom. The van der Waals surface area contributed by atoms with Crippen LogP contribution in [0.3, 0.4) is 0 Å². The van der Waals surface area contributed by atoms with Gasteiger partial charge in [0.15, 0.2) is 0 Å². The van der Waals surface area contributed by atoms with Crippen molar-refractivity contribution in [3.05, 3.63) is 0 Å². The topological polar surface area (TPSA) is 78.4 Å². The van der Waals surface area contributed by atoms with Crippen LogP contribution in [0.1, 0.15) is 6.42 Å². The van der Waals surface area contributed by atoms with Gasteiger partial charge in [-0.15, -0.1) is 12.3 Å². The van der Waals surface area contributed by atoms with Gasteiger partial charge in [-0.2, -0.15) is 0 Å². The number of carbonyl (C=O) groups is 2. The molecule has 0 bridgehead atoms. The van der Waals surface area contributed by atoms with Crippen LogP contribution in [0.25, 0.3) is 0 Å². The SMILES string of the molecule is C#CCC(NC(=O)C1CNC1)C(=O)O. The largest absolute Gasteiger partial charge is 0.480 e. The number of amides is 1. The molecule has 5 heteroatoms. The fourth-order valence-corrected chi connectivity index (χ4v) is 1.08. The van der Waals surface area contributed by atoms with E-state index in [2.05, 4.69) is 16.6 Å². The van der Waals surface area contributed by atoms with E-state index in [-0.39, 0.29) is 18.2 Å². The fourth-order valence-electron chi connectivity index (χ4n) is 1.08. The van der Waals surface area contributed by atoms with Crippen molar-refractivity contribution in [2.75, 3.05) is 13.1 Å². The molecule has 3 N–H and O–H groups in total. The second-order valence-electron chi connectivity index (χ2n) is 3.16. The van der Waals surface area contributed by atoms with Gasteiger partial charge in [0, 0.05) is 19.5 Å². The Kier molecular flexibility index (Phi) is 3.48. The zero-order valence-corrected chi connectivity index (χ0v) is 7.62. The fraction of sp³-hybridized carbons (Fsp3) is 0.556. The number of rotatable bonds is 4. The molecule has 1 atom stereocenters. The molecule has 0 aromatic carbocycles. The van der Waals surface area contributed by atoms with Gasteiger partial charge in [-0.3, -0.25) is 4.79 Å². The first kappa shape index (κ1) is 10.5. The average Bonchev–Trinajstić information content (AvgIpc) is 1.99. The predicted octanol–water partition coefficient (Wildman–Crippen LogP) is -1.20. The Hall–Kier alpha value is -1.54. The summed E-state index contributed by atoms with van der Waals surface area (Å²) in [4.78, 5) is 22.0. The van der Waals surface area contributed by atoms with E-state index in [0.717, 1.165) is 0 Å². The monoisotopic (exact) mass is 196 g/mol. The minimum atomic E-state index is -1.09. The van der Waals surface area contributed by atoms with Crippen molar-refractivity contribution in [1.82, 2.24) is 10.6 Å². The van der Waals surface area contributed by atoms with E-state index in [1.165, 1.54) is 0 Å². The molecule has 76 valence electrons. The van der Waals surface area contributed by atoms with E-state index in [4.69, 9.17) is 11.5 Å². The maximum absolute atomic E-state index is 11.3. The number of terminal acetylenes is 1. The van der Waals surface area contributed by atoms with Crippen LogP contribution in [0.5, 0.6) is 0 Å². The van der Waals surface area contributed by atoms with Crippen molar-refractivity contribution >= 4 is 11.9 Å². The molecule has 14 heavy (non-hydrogen) atoms. The molecule has 0 saturated carbocycles. The predicted molar refractivity (Wildman–Crippen MR) is 49.4 cm³/mol. The van der Waals surface area contributed by atoms with E-state index in [1.54, 1.807) is 0 Å². The molecule has 0 aromatic heterocycles. The molecule has 1 saturated heterocycles. The van der Waals surface area contributed by atoms with Gasteiger partial charge in [0.25, 0.3) is 0 Å². The molecule has 1 aliphatic heterocycles. The number of carboxylic acids is 1. The van der Waals surface area contributed by atoms with Crippen molar-refractivity contribution in [3.63, 3.8) is 0 Å². The number of hydrogen-bond acceptors (Lipinski definition) is 3. The molecular weight excluding hydrogens is 184 g/mol. The third kappa shape index (κ3) is 2.47. The minimum Gasteiger partial charge on any atom is -0.480 e. The smallest absolute Gasteiger partial charge is 0.327 e.